The van der Waals surface area contributed by atoms with Gasteiger partial charge in [0.15, 0.2) is 0 Å². The van der Waals surface area contributed by atoms with Crippen LogP contribution in [-0.4, -0.2) is 25.8 Å². The summed E-state index contributed by atoms with van der Waals surface area (Å²) >= 11 is 0. The van der Waals surface area contributed by atoms with Crippen molar-refractivity contribution < 1.29 is 9.47 Å². The highest BCUT2D eigenvalue weighted by Gasteiger charge is 2.43. The van der Waals surface area contributed by atoms with Crippen LogP contribution in [0.1, 0.15) is 49.8 Å². The number of fused-ring (bicyclic) bond motifs is 1. The molecule has 3 rings (SSSR count). The number of hydrogen-bond donors (Lipinski definition) is 1. The highest BCUT2D eigenvalue weighted by Crippen LogP contribution is 2.44. The summed E-state index contributed by atoms with van der Waals surface area (Å²) in [5, 5.41) is 3.41. The molecule has 104 valence electrons. The van der Waals surface area contributed by atoms with Gasteiger partial charge in [-0.25, -0.2) is 0 Å². The van der Waals surface area contributed by atoms with Crippen molar-refractivity contribution in [1.82, 2.24) is 5.32 Å². The molecule has 2 atom stereocenters. The van der Waals surface area contributed by atoms with E-state index in [0.29, 0.717) is 5.92 Å². The van der Waals surface area contributed by atoms with Gasteiger partial charge < -0.3 is 14.8 Å². The largest absolute Gasteiger partial charge is 0.485 e. The summed E-state index contributed by atoms with van der Waals surface area (Å²) in [5.74, 6) is 1.54. The molecule has 1 aromatic carbocycles. The molecule has 0 radical (unpaired) electrons. The first-order valence-electron chi connectivity index (χ1n) is 7.20. The Labute approximate surface area is 115 Å². The van der Waals surface area contributed by atoms with Crippen molar-refractivity contribution in [3.05, 3.63) is 29.3 Å². The lowest BCUT2D eigenvalue weighted by molar-refractivity contribution is -0.0203. The summed E-state index contributed by atoms with van der Waals surface area (Å²) < 4.78 is 12.0. The minimum atomic E-state index is -0.0625. The average molecular weight is 261 g/mol. The third-order valence-corrected chi connectivity index (χ3v) is 4.42. The topological polar surface area (TPSA) is 30.5 Å². The maximum absolute atomic E-state index is 6.30. The van der Waals surface area contributed by atoms with Gasteiger partial charge in [0.05, 0.1) is 6.10 Å². The van der Waals surface area contributed by atoms with Gasteiger partial charge >= 0.3 is 0 Å². The molecule has 2 heterocycles. The van der Waals surface area contributed by atoms with Crippen LogP contribution in [0.5, 0.6) is 5.75 Å². The Hall–Kier alpha value is -1.06. The molecule has 19 heavy (non-hydrogen) atoms. The minimum Gasteiger partial charge on any atom is -0.485 e. The van der Waals surface area contributed by atoms with Crippen LogP contribution in [0.25, 0.3) is 0 Å². The number of methoxy groups -OCH3 is 1. The number of hydrogen-bond acceptors (Lipinski definition) is 3. The van der Waals surface area contributed by atoms with E-state index in [4.69, 9.17) is 9.47 Å². The molecule has 2 unspecified atom stereocenters. The van der Waals surface area contributed by atoms with Gasteiger partial charge in [-0.15, -0.1) is 0 Å². The van der Waals surface area contributed by atoms with E-state index in [1.165, 1.54) is 11.1 Å². The van der Waals surface area contributed by atoms with Crippen molar-refractivity contribution in [2.45, 2.75) is 44.3 Å². The Morgan fingerprint density at radius 1 is 1.42 bits per heavy atom. The molecule has 2 aliphatic heterocycles. The summed E-state index contributed by atoms with van der Waals surface area (Å²) in [6.07, 6.45) is 2.17. The fourth-order valence-corrected chi connectivity index (χ4v) is 3.19. The molecule has 0 amide bonds. The molecule has 1 fully saturated rings. The summed E-state index contributed by atoms with van der Waals surface area (Å²) in [7, 11) is 1.80. The van der Waals surface area contributed by atoms with E-state index in [-0.39, 0.29) is 11.7 Å². The number of benzene rings is 1. The van der Waals surface area contributed by atoms with Gasteiger partial charge in [0.25, 0.3) is 0 Å². The zero-order valence-electron chi connectivity index (χ0n) is 12.0. The molecule has 0 aliphatic carbocycles. The molecule has 3 nitrogen and oxygen atoms in total. The molecule has 0 saturated carbocycles. The number of ether oxygens (including phenoxy) is 2. The van der Waals surface area contributed by atoms with Crippen LogP contribution in [0.2, 0.25) is 0 Å². The molecule has 1 saturated heterocycles. The van der Waals surface area contributed by atoms with E-state index < -0.39 is 0 Å². The predicted octanol–water partition coefficient (Wildman–Crippen LogP) is 3.01. The highest BCUT2D eigenvalue weighted by molar-refractivity contribution is 5.42. The smallest absolute Gasteiger partial charge is 0.126 e. The van der Waals surface area contributed by atoms with Crippen molar-refractivity contribution in [2.24, 2.45) is 0 Å². The molecule has 0 bridgehead atoms. The molecule has 0 aromatic heterocycles. The second-order valence-electron chi connectivity index (χ2n) is 6.09. The van der Waals surface area contributed by atoms with Crippen LogP contribution in [0.4, 0.5) is 0 Å². The van der Waals surface area contributed by atoms with Crippen molar-refractivity contribution in [1.29, 1.82) is 0 Å². The van der Waals surface area contributed by atoms with E-state index in [1.807, 2.05) is 0 Å². The van der Waals surface area contributed by atoms with Gasteiger partial charge in [-0.2, -0.15) is 0 Å². The van der Waals surface area contributed by atoms with Crippen LogP contribution in [0, 0.1) is 0 Å². The first kappa shape index (κ1) is 12.9. The van der Waals surface area contributed by atoms with E-state index in [0.717, 1.165) is 31.7 Å². The van der Waals surface area contributed by atoms with E-state index >= 15 is 0 Å². The van der Waals surface area contributed by atoms with E-state index in [1.54, 1.807) is 7.11 Å². The SMILES string of the molecule is COC1CC2(CCNC2)Oc2ccc(C(C)C)cc21. The average Bonchev–Trinajstić information content (AvgIpc) is 2.85. The summed E-state index contributed by atoms with van der Waals surface area (Å²) in [4.78, 5) is 0. The van der Waals surface area contributed by atoms with Crippen molar-refractivity contribution in [2.75, 3.05) is 20.2 Å². The standard InChI is InChI=1S/C16H23NO2/c1-11(2)12-4-5-14-13(8-12)15(18-3)9-16(19-14)6-7-17-10-16/h4-5,8,11,15,17H,6-7,9-10H2,1-3H3. The minimum absolute atomic E-state index is 0.0625. The Bertz CT molecular complexity index is 464. The third-order valence-electron chi connectivity index (χ3n) is 4.42. The summed E-state index contributed by atoms with van der Waals surface area (Å²) in [5.41, 5.74) is 2.50. The zero-order chi connectivity index (χ0) is 13.5. The Balaban J connectivity index is 1.98. The van der Waals surface area contributed by atoms with Crippen LogP contribution < -0.4 is 10.1 Å². The molecular formula is C16H23NO2. The Kier molecular flexibility index (Phi) is 3.27. The summed E-state index contributed by atoms with van der Waals surface area (Å²) in [6, 6.07) is 6.55. The number of rotatable bonds is 2. The van der Waals surface area contributed by atoms with Crippen molar-refractivity contribution in [3.63, 3.8) is 0 Å². The molecule has 3 heteroatoms. The van der Waals surface area contributed by atoms with Gasteiger partial charge in [-0.05, 0) is 30.2 Å². The maximum atomic E-state index is 6.30. The molecular weight excluding hydrogens is 238 g/mol. The van der Waals surface area contributed by atoms with Gasteiger partial charge in [0.1, 0.15) is 11.4 Å². The maximum Gasteiger partial charge on any atom is 0.126 e. The van der Waals surface area contributed by atoms with Crippen molar-refractivity contribution >= 4 is 0 Å². The first-order valence-corrected chi connectivity index (χ1v) is 7.20. The zero-order valence-corrected chi connectivity index (χ0v) is 12.0. The van der Waals surface area contributed by atoms with Crippen LogP contribution >= 0.6 is 0 Å². The quantitative estimate of drug-likeness (QED) is 0.887. The molecule has 2 aliphatic rings. The molecule has 1 N–H and O–H groups in total. The van der Waals surface area contributed by atoms with Crippen LogP contribution in [0.15, 0.2) is 18.2 Å². The van der Waals surface area contributed by atoms with Gasteiger partial charge in [-0.3, -0.25) is 0 Å². The normalized spacial score (nSPS) is 29.6. The lowest BCUT2D eigenvalue weighted by Gasteiger charge is -2.39. The first-order chi connectivity index (χ1) is 9.13. The second-order valence-corrected chi connectivity index (χ2v) is 6.09. The lowest BCUT2D eigenvalue weighted by atomic mass is 9.86. The van der Waals surface area contributed by atoms with Crippen LogP contribution in [0.3, 0.4) is 0 Å². The van der Waals surface area contributed by atoms with E-state index in [2.05, 4.69) is 37.4 Å². The summed E-state index contributed by atoms with van der Waals surface area (Å²) in [6.45, 7) is 6.40. The van der Waals surface area contributed by atoms with Gasteiger partial charge in [0, 0.05) is 32.1 Å². The van der Waals surface area contributed by atoms with Crippen LogP contribution in [-0.2, 0) is 4.74 Å². The third kappa shape index (κ3) is 2.26. The second kappa shape index (κ2) is 4.80. The highest BCUT2D eigenvalue weighted by atomic mass is 16.5. The molecule has 1 spiro atoms. The Morgan fingerprint density at radius 2 is 2.26 bits per heavy atom. The van der Waals surface area contributed by atoms with Crippen molar-refractivity contribution in [3.8, 4) is 5.75 Å². The Morgan fingerprint density at radius 3 is 2.89 bits per heavy atom. The number of nitrogens with one attached hydrogen (secondary N) is 1. The lowest BCUT2D eigenvalue weighted by Crippen LogP contribution is -2.43. The monoisotopic (exact) mass is 261 g/mol. The fraction of sp³-hybridized carbons (Fsp3) is 0.625. The van der Waals surface area contributed by atoms with Gasteiger partial charge in [-0.1, -0.05) is 19.9 Å². The predicted molar refractivity (Wildman–Crippen MR) is 75.7 cm³/mol. The van der Waals surface area contributed by atoms with Gasteiger partial charge in [0.2, 0.25) is 0 Å². The fourth-order valence-electron chi connectivity index (χ4n) is 3.19. The molecule has 1 aromatic rings. The van der Waals surface area contributed by atoms with E-state index in [9.17, 15) is 0 Å².